The smallest absolute Gasteiger partial charge is 0.253 e. The van der Waals surface area contributed by atoms with E-state index in [1.165, 1.54) is 0 Å². The highest BCUT2D eigenvalue weighted by Gasteiger charge is 2.32. The van der Waals surface area contributed by atoms with E-state index in [4.69, 9.17) is 4.74 Å². The molecule has 1 saturated heterocycles. The summed E-state index contributed by atoms with van der Waals surface area (Å²) in [5.41, 5.74) is 1.38. The molecule has 4 rings (SSSR count). The monoisotopic (exact) mass is 363 g/mol. The Labute approximate surface area is 159 Å². The minimum absolute atomic E-state index is 0.00423. The van der Waals surface area contributed by atoms with E-state index in [1.807, 2.05) is 36.4 Å². The van der Waals surface area contributed by atoms with Crippen LogP contribution < -0.4 is 10.6 Å². The molecule has 2 N–H and O–H groups in total. The second kappa shape index (κ2) is 7.62. The number of carbonyl (C=O) groups is 1. The topological polar surface area (TPSA) is 63.2 Å². The predicted octanol–water partition coefficient (Wildman–Crippen LogP) is 3.13. The Morgan fingerprint density at radius 3 is 2.78 bits per heavy atom. The standard InChI is InChI=1S/C22H25N3O2/c1-27-15-22(8-11-23-12-9-22)14-25-21(26)19-13-16-5-2-3-6-17(16)18-7-4-10-24-20(18)19/h2-7,10,13,23H,8-9,11-12,14-15H2,1H3,(H,25,26). The number of ether oxygens (including phenoxy) is 1. The molecular formula is C22H25N3O2. The van der Waals surface area contributed by atoms with Crippen LogP contribution in [0.1, 0.15) is 23.2 Å². The summed E-state index contributed by atoms with van der Waals surface area (Å²) in [5, 5.41) is 9.73. The summed E-state index contributed by atoms with van der Waals surface area (Å²) in [5.74, 6) is -0.0709. The molecule has 3 aromatic rings. The number of aromatic nitrogens is 1. The fourth-order valence-corrected chi connectivity index (χ4v) is 4.10. The van der Waals surface area contributed by atoms with Crippen LogP contribution in [0.25, 0.3) is 21.7 Å². The number of carbonyl (C=O) groups excluding carboxylic acids is 1. The number of methoxy groups -OCH3 is 1. The van der Waals surface area contributed by atoms with Gasteiger partial charge in [0.05, 0.1) is 17.7 Å². The van der Waals surface area contributed by atoms with E-state index in [9.17, 15) is 4.79 Å². The Morgan fingerprint density at radius 2 is 1.96 bits per heavy atom. The highest BCUT2D eigenvalue weighted by Crippen LogP contribution is 2.30. The summed E-state index contributed by atoms with van der Waals surface area (Å²) in [6.07, 6.45) is 3.74. The summed E-state index contributed by atoms with van der Waals surface area (Å²) in [6.45, 7) is 3.19. The lowest BCUT2D eigenvalue weighted by Gasteiger charge is -2.37. The third-order valence-corrected chi connectivity index (χ3v) is 5.60. The van der Waals surface area contributed by atoms with Crippen molar-refractivity contribution in [1.29, 1.82) is 0 Å². The van der Waals surface area contributed by atoms with Gasteiger partial charge in [-0.3, -0.25) is 9.78 Å². The van der Waals surface area contributed by atoms with Crippen LogP contribution in [0.15, 0.2) is 48.7 Å². The maximum Gasteiger partial charge on any atom is 0.253 e. The van der Waals surface area contributed by atoms with Crippen LogP contribution in [0.3, 0.4) is 0 Å². The molecule has 0 bridgehead atoms. The molecule has 0 atom stereocenters. The molecule has 0 saturated carbocycles. The second-order valence-corrected chi connectivity index (χ2v) is 7.41. The molecule has 0 spiro atoms. The normalized spacial score (nSPS) is 16.5. The van der Waals surface area contributed by atoms with Gasteiger partial charge < -0.3 is 15.4 Å². The number of fused-ring (bicyclic) bond motifs is 3. The van der Waals surface area contributed by atoms with Crippen molar-refractivity contribution in [2.75, 3.05) is 33.4 Å². The third-order valence-electron chi connectivity index (χ3n) is 5.60. The third kappa shape index (κ3) is 3.53. The number of pyridine rings is 1. The minimum Gasteiger partial charge on any atom is -0.384 e. The lowest BCUT2D eigenvalue weighted by atomic mass is 9.79. The lowest BCUT2D eigenvalue weighted by molar-refractivity contribution is 0.0512. The maximum atomic E-state index is 13.1. The molecule has 0 unspecified atom stereocenters. The Balaban J connectivity index is 1.65. The van der Waals surface area contributed by atoms with Crippen LogP contribution in [0.4, 0.5) is 0 Å². The average Bonchev–Trinajstić information content (AvgIpc) is 2.72. The zero-order chi connectivity index (χ0) is 18.7. The van der Waals surface area contributed by atoms with Crippen molar-refractivity contribution in [3.63, 3.8) is 0 Å². The number of hydrogen-bond donors (Lipinski definition) is 2. The highest BCUT2D eigenvalue weighted by atomic mass is 16.5. The van der Waals surface area contributed by atoms with Gasteiger partial charge in [0.15, 0.2) is 0 Å². The molecule has 27 heavy (non-hydrogen) atoms. The number of amides is 1. The van der Waals surface area contributed by atoms with Gasteiger partial charge in [-0.25, -0.2) is 0 Å². The molecule has 2 aromatic carbocycles. The number of piperidine rings is 1. The van der Waals surface area contributed by atoms with Gasteiger partial charge in [-0.1, -0.05) is 30.3 Å². The molecule has 2 heterocycles. The maximum absolute atomic E-state index is 13.1. The van der Waals surface area contributed by atoms with E-state index in [1.54, 1.807) is 13.3 Å². The van der Waals surface area contributed by atoms with Gasteiger partial charge in [-0.15, -0.1) is 0 Å². The number of nitrogens with zero attached hydrogens (tertiary/aromatic N) is 1. The number of benzene rings is 2. The molecule has 1 fully saturated rings. The summed E-state index contributed by atoms with van der Waals surface area (Å²) >= 11 is 0. The van der Waals surface area contributed by atoms with Crippen molar-refractivity contribution >= 4 is 27.6 Å². The van der Waals surface area contributed by atoms with Crippen LogP contribution in [0.5, 0.6) is 0 Å². The van der Waals surface area contributed by atoms with Crippen LogP contribution in [-0.2, 0) is 4.74 Å². The first-order chi connectivity index (χ1) is 13.2. The predicted molar refractivity (Wildman–Crippen MR) is 108 cm³/mol. The van der Waals surface area contributed by atoms with E-state index in [-0.39, 0.29) is 11.3 Å². The molecule has 140 valence electrons. The zero-order valence-corrected chi connectivity index (χ0v) is 15.6. The van der Waals surface area contributed by atoms with Gasteiger partial charge in [0.1, 0.15) is 0 Å². The van der Waals surface area contributed by atoms with Crippen molar-refractivity contribution in [3.05, 3.63) is 54.2 Å². The Kier molecular flexibility index (Phi) is 5.05. The zero-order valence-electron chi connectivity index (χ0n) is 15.6. The molecule has 1 amide bonds. The molecule has 1 aliphatic rings. The minimum atomic E-state index is -0.0709. The lowest BCUT2D eigenvalue weighted by Crippen LogP contribution is -2.47. The second-order valence-electron chi connectivity index (χ2n) is 7.41. The fraction of sp³-hybridized carbons (Fsp3) is 0.364. The van der Waals surface area contributed by atoms with Gasteiger partial charge in [0.2, 0.25) is 0 Å². The Bertz CT molecular complexity index is 959. The average molecular weight is 363 g/mol. The summed E-state index contributed by atoms with van der Waals surface area (Å²) in [7, 11) is 1.73. The SMILES string of the molecule is COCC1(CNC(=O)c2cc3ccccc3c3cccnc23)CCNCC1. The van der Waals surface area contributed by atoms with E-state index in [2.05, 4.69) is 21.7 Å². The van der Waals surface area contributed by atoms with E-state index >= 15 is 0 Å². The van der Waals surface area contributed by atoms with Crippen molar-refractivity contribution in [3.8, 4) is 0 Å². The van der Waals surface area contributed by atoms with Crippen molar-refractivity contribution < 1.29 is 9.53 Å². The molecule has 0 aliphatic carbocycles. The summed E-state index contributed by atoms with van der Waals surface area (Å²) < 4.78 is 5.46. The first-order valence-electron chi connectivity index (χ1n) is 9.47. The number of rotatable bonds is 5. The van der Waals surface area contributed by atoms with Crippen LogP contribution in [0.2, 0.25) is 0 Å². The van der Waals surface area contributed by atoms with E-state index < -0.39 is 0 Å². The molecule has 1 aliphatic heterocycles. The number of nitrogens with one attached hydrogen (secondary N) is 2. The van der Waals surface area contributed by atoms with Crippen LogP contribution >= 0.6 is 0 Å². The summed E-state index contributed by atoms with van der Waals surface area (Å²) in [6, 6.07) is 14.0. The first kappa shape index (κ1) is 17.9. The van der Waals surface area contributed by atoms with Gasteiger partial charge >= 0.3 is 0 Å². The van der Waals surface area contributed by atoms with Crippen molar-refractivity contribution in [2.24, 2.45) is 5.41 Å². The van der Waals surface area contributed by atoms with Gasteiger partial charge in [-0.05, 0) is 48.8 Å². The molecule has 0 radical (unpaired) electrons. The van der Waals surface area contributed by atoms with E-state index in [0.717, 1.165) is 47.6 Å². The Hall–Kier alpha value is -2.50. The number of hydrogen-bond acceptors (Lipinski definition) is 4. The van der Waals surface area contributed by atoms with Crippen LogP contribution in [-0.4, -0.2) is 44.2 Å². The summed E-state index contributed by atoms with van der Waals surface area (Å²) in [4.78, 5) is 17.6. The van der Waals surface area contributed by atoms with Crippen LogP contribution in [0, 0.1) is 5.41 Å². The van der Waals surface area contributed by atoms with Crippen molar-refractivity contribution in [1.82, 2.24) is 15.6 Å². The largest absolute Gasteiger partial charge is 0.384 e. The fourth-order valence-electron chi connectivity index (χ4n) is 4.10. The molecule has 1 aromatic heterocycles. The Morgan fingerprint density at radius 1 is 1.19 bits per heavy atom. The van der Waals surface area contributed by atoms with E-state index in [0.29, 0.717) is 18.7 Å². The molecule has 5 heteroatoms. The van der Waals surface area contributed by atoms with Gasteiger partial charge in [-0.2, -0.15) is 0 Å². The highest BCUT2D eigenvalue weighted by molar-refractivity contribution is 6.15. The quantitative estimate of drug-likeness (QED) is 0.684. The first-order valence-corrected chi connectivity index (χ1v) is 9.47. The van der Waals surface area contributed by atoms with Crippen molar-refractivity contribution in [2.45, 2.75) is 12.8 Å². The molecule has 5 nitrogen and oxygen atoms in total. The van der Waals surface area contributed by atoms with Gasteiger partial charge in [0.25, 0.3) is 5.91 Å². The molecular weight excluding hydrogens is 338 g/mol. The van der Waals surface area contributed by atoms with Gasteiger partial charge in [0, 0.05) is 30.7 Å².